The molecule has 0 aliphatic carbocycles. The molecule has 0 atom stereocenters. The summed E-state index contributed by atoms with van der Waals surface area (Å²) in [6.07, 6.45) is 1.95. The number of nitrogens with zero attached hydrogens (tertiary/aromatic N) is 3. The van der Waals surface area contributed by atoms with E-state index in [1.54, 1.807) is 6.92 Å². The summed E-state index contributed by atoms with van der Waals surface area (Å²) in [5, 5.41) is 8.98. The van der Waals surface area contributed by atoms with Crippen molar-refractivity contribution in [2.24, 2.45) is 0 Å². The van der Waals surface area contributed by atoms with Crippen molar-refractivity contribution < 1.29 is 4.79 Å². The molecule has 5 heteroatoms. The molecule has 0 fully saturated rings. The fourth-order valence-corrected chi connectivity index (χ4v) is 4.12. The van der Waals surface area contributed by atoms with Gasteiger partial charge in [-0.05, 0) is 16.7 Å². The first-order valence-electron chi connectivity index (χ1n) is 9.43. The van der Waals surface area contributed by atoms with Gasteiger partial charge in [0, 0.05) is 12.7 Å². The molecule has 0 amide bonds. The van der Waals surface area contributed by atoms with Gasteiger partial charge in [-0.3, -0.25) is 4.79 Å². The maximum absolute atomic E-state index is 11.4. The van der Waals surface area contributed by atoms with Crippen LogP contribution in [0.25, 0.3) is 0 Å². The van der Waals surface area contributed by atoms with Crippen LogP contribution < -0.4 is 0 Å². The third-order valence-electron chi connectivity index (χ3n) is 4.88. The molecular weight excluding hydrogens is 378 g/mol. The van der Waals surface area contributed by atoms with Crippen LogP contribution in [-0.4, -0.2) is 20.1 Å². The minimum absolute atomic E-state index is 0.0694. The van der Waals surface area contributed by atoms with Crippen LogP contribution >= 0.6 is 11.8 Å². The minimum atomic E-state index is -0.671. The molecular formula is C24H21N3OS. The van der Waals surface area contributed by atoms with Gasteiger partial charge in [0.1, 0.15) is 5.54 Å². The van der Waals surface area contributed by atoms with Gasteiger partial charge in [0.25, 0.3) is 0 Å². The Hall–Kier alpha value is -3.18. The molecule has 0 unspecified atom stereocenters. The SMILES string of the molecule is CC(=O)SCc1cn(C(c2ccccc2)(c2ccccc2)c2ccccc2)nn1. The lowest BCUT2D eigenvalue weighted by Crippen LogP contribution is -2.38. The Morgan fingerprint density at radius 1 is 0.828 bits per heavy atom. The Labute approximate surface area is 174 Å². The number of hydrogen-bond acceptors (Lipinski definition) is 4. The van der Waals surface area contributed by atoms with Crippen molar-refractivity contribution in [3.63, 3.8) is 0 Å². The van der Waals surface area contributed by atoms with E-state index in [9.17, 15) is 4.79 Å². The summed E-state index contributed by atoms with van der Waals surface area (Å²) >= 11 is 1.24. The largest absolute Gasteiger partial charge is 0.288 e. The van der Waals surface area contributed by atoms with Gasteiger partial charge in [0.2, 0.25) is 0 Å². The molecule has 0 saturated heterocycles. The Morgan fingerprint density at radius 3 is 1.69 bits per heavy atom. The van der Waals surface area contributed by atoms with Gasteiger partial charge in [-0.15, -0.1) is 5.10 Å². The molecule has 3 aromatic carbocycles. The van der Waals surface area contributed by atoms with Crippen molar-refractivity contribution in [1.29, 1.82) is 0 Å². The Bertz CT molecular complexity index is 982. The van der Waals surface area contributed by atoms with Crippen molar-refractivity contribution in [2.45, 2.75) is 18.2 Å². The molecule has 144 valence electrons. The Kier molecular flexibility index (Phi) is 5.58. The third-order valence-corrected chi connectivity index (χ3v) is 5.73. The zero-order chi connectivity index (χ0) is 20.1. The van der Waals surface area contributed by atoms with Crippen LogP contribution in [0.3, 0.4) is 0 Å². The Morgan fingerprint density at radius 2 is 1.28 bits per heavy atom. The van der Waals surface area contributed by atoms with Crippen LogP contribution in [0.4, 0.5) is 0 Å². The van der Waals surface area contributed by atoms with E-state index in [1.807, 2.05) is 65.5 Å². The standard InChI is InChI=1S/C24H21N3OS/c1-19(28)29-18-23-17-27(26-25-23)24(20-11-5-2-6-12-20,21-13-7-3-8-14-21)22-15-9-4-10-16-22/h2-17H,18H2,1H3. The van der Waals surface area contributed by atoms with Gasteiger partial charge in [-0.2, -0.15) is 0 Å². The monoisotopic (exact) mass is 399 g/mol. The van der Waals surface area contributed by atoms with Gasteiger partial charge in [-0.1, -0.05) is 108 Å². The normalized spacial score (nSPS) is 11.3. The van der Waals surface area contributed by atoms with Crippen molar-refractivity contribution in [2.75, 3.05) is 0 Å². The van der Waals surface area contributed by atoms with E-state index in [0.29, 0.717) is 5.75 Å². The molecule has 0 saturated carbocycles. The van der Waals surface area contributed by atoms with E-state index < -0.39 is 5.54 Å². The van der Waals surface area contributed by atoms with Crippen molar-refractivity contribution in [3.05, 3.63) is 120 Å². The lowest BCUT2D eigenvalue weighted by atomic mass is 9.77. The number of benzene rings is 3. The minimum Gasteiger partial charge on any atom is -0.288 e. The second-order valence-corrected chi connectivity index (χ2v) is 7.90. The van der Waals surface area contributed by atoms with Crippen molar-refractivity contribution >= 4 is 16.9 Å². The maximum Gasteiger partial charge on any atom is 0.186 e. The number of carbonyl (C=O) groups excluding carboxylic acids is 1. The molecule has 0 radical (unpaired) electrons. The summed E-state index contributed by atoms with van der Waals surface area (Å²) in [6, 6.07) is 31.0. The maximum atomic E-state index is 11.4. The zero-order valence-electron chi connectivity index (χ0n) is 16.1. The first-order chi connectivity index (χ1) is 14.2. The average Bonchev–Trinajstić information content (AvgIpc) is 3.24. The van der Waals surface area contributed by atoms with E-state index in [4.69, 9.17) is 0 Å². The van der Waals surface area contributed by atoms with Crippen LogP contribution in [0.5, 0.6) is 0 Å². The number of thioether (sulfide) groups is 1. The fraction of sp³-hybridized carbons (Fsp3) is 0.125. The van der Waals surface area contributed by atoms with Crippen LogP contribution in [0.1, 0.15) is 29.3 Å². The third kappa shape index (κ3) is 3.74. The zero-order valence-corrected chi connectivity index (χ0v) is 16.9. The summed E-state index contributed by atoms with van der Waals surface area (Å²) in [6.45, 7) is 1.57. The molecule has 0 aliphatic heterocycles. The molecule has 29 heavy (non-hydrogen) atoms. The second kappa shape index (κ2) is 8.45. The highest BCUT2D eigenvalue weighted by molar-refractivity contribution is 8.12. The van der Waals surface area contributed by atoms with Crippen molar-refractivity contribution in [1.82, 2.24) is 15.0 Å². The summed E-state index contributed by atoms with van der Waals surface area (Å²) in [5.74, 6) is 0.504. The molecule has 0 spiro atoms. The highest BCUT2D eigenvalue weighted by atomic mass is 32.2. The first-order valence-corrected chi connectivity index (χ1v) is 10.4. The molecule has 0 bridgehead atoms. The van der Waals surface area contributed by atoms with E-state index in [2.05, 4.69) is 46.7 Å². The van der Waals surface area contributed by atoms with Gasteiger partial charge < -0.3 is 0 Å². The molecule has 4 nitrogen and oxygen atoms in total. The smallest absolute Gasteiger partial charge is 0.186 e. The molecule has 4 rings (SSSR count). The fourth-order valence-electron chi connectivity index (χ4n) is 3.64. The predicted molar refractivity (Wildman–Crippen MR) is 117 cm³/mol. The average molecular weight is 400 g/mol. The lowest BCUT2D eigenvalue weighted by molar-refractivity contribution is -0.109. The van der Waals surface area contributed by atoms with Crippen LogP contribution in [0.2, 0.25) is 0 Å². The highest BCUT2D eigenvalue weighted by Gasteiger charge is 2.39. The van der Waals surface area contributed by atoms with E-state index >= 15 is 0 Å². The van der Waals surface area contributed by atoms with Gasteiger partial charge in [-0.25, -0.2) is 4.68 Å². The number of hydrogen-bond donors (Lipinski definition) is 0. The van der Waals surface area contributed by atoms with Gasteiger partial charge >= 0.3 is 0 Å². The van der Waals surface area contributed by atoms with E-state index in [-0.39, 0.29) is 5.12 Å². The summed E-state index contributed by atoms with van der Waals surface area (Å²) in [5.41, 5.74) is 3.38. The lowest BCUT2D eigenvalue weighted by Gasteiger charge is -2.35. The summed E-state index contributed by atoms with van der Waals surface area (Å²) in [7, 11) is 0. The topological polar surface area (TPSA) is 47.8 Å². The second-order valence-electron chi connectivity index (χ2n) is 6.74. The number of aromatic nitrogens is 3. The molecule has 0 aliphatic rings. The number of carbonyl (C=O) groups is 1. The number of rotatable bonds is 6. The molecule has 1 aromatic heterocycles. The summed E-state index contributed by atoms with van der Waals surface area (Å²) < 4.78 is 1.92. The Balaban J connectivity index is 1.97. The molecule has 1 heterocycles. The van der Waals surface area contributed by atoms with Gasteiger partial charge in [0.05, 0.1) is 11.9 Å². The molecule has 4 aromatic rings. The van der Waals surface area contributed by atoms with E-state index in [1.165, 1.54) is 11.8 Å². The van der Waals surface area contributed by atoms with Gasteiger partial charge in [0.15, 0.2) is 5.12 Å². The highest BCUT2D eigenvalue weighted by Crippen LogP contribution is 2.40. The molecule has 0 N–H and O–H groups in total. The van der Waals surface area contributed by atoms with Crippen LogP contribution in [0.15, 0.2) is 97.2 Å². The van der Waals surface area contributed by atoms with Crippen LogP contribution in [0, 0.1) is 0 Å². The van der Waals surface area contributed by atoms with Crippen molar-refractivity contribution in [3.8, 4) is 0 Å². The first kappa shape index (κ1) is 19.2. The quantitative estimate of drug-likeness (QED) is 0.433. The van der Waals surface area contributed by atoms with Crippen LogP contribution in [-0.2, 0) is 16.1 Å². The van der Waals surface area contributed by atoms with E-state index in [0.717, 1.165) is 22.4 Å². The summed E-state index contributed by atoms with van der Waals surface area (Å²) in [4.78, 5) is 11.4. The predicted octanol–water partition coefficient (Wildman–Crippen LogP) is 4.90.